The Morgan fingerprint density at radius 2 is 1.13 bits per heavy atom. The first-order valence-corrected chi connectivity index (χ1v) is 18.6. The first-order chi connectivity index (χ1) is 14.8. The van der Waals surface area contributed by atoms with Gasteiger partial charge >= 0.3 is 216 Å². The van der Waals surface area contributed by atoms with Gasteiger partial charge in [0.2, 0.25) is 0 Å². The fraction of sp³-hybridized carbons (Fsp3) is 0.455. The molecular weight excluding hydrogens is 550 g/mol. The normalized spacial score (nSPS) is 25.8. The summed E-state index contributed by atoms with van der Waals surface area (Å²) in [6.07, 6.45) is 7.71. The van der Waals surface area contributed by atoms with E-state index >= 15 is 0 Å². The summed E-state index contributed by atoms with van der Waals surface area (Å²) in [5, 5.41) is 24.3. The third-order valence-electron chi connectivity index (χ3n) is 5.92. The Bertz CT molecular complexity index is 1000. The minimum absolute atomic E-state index is 0.179. The van der Waals surface area contributed by atoms with E-state index in [1.807, 2.05) is 12.1 Å². The maximum absolute atomic E-state index is 10.5. The molecule has 1 heterocycles. The minimum atomic E-state index is -0.290. The molecule has 0 amide bonds. The van der Waals surface area contributed by atoms with Crippen LogP contribution in [0.1, 0.15) is 49.7 Å². The zero-order valence-corrected chi connectivity index (χ0v) is 23.1. The van der Waals surface area contributed by atoms with Gasteiger partial charge in [0.15, 0.2) is 0 Å². The summed E-state index contributed by atoms with van der Waals surface area (Å²) in [7, 11) is 0.502. The summed E-state index contributed by atoms with van der Waals surface area (Å²) >= 11 is 24.6. The average Bonchev–Trinajstić information content (AvgIpc) is 2.98. The van der Waals surface area contributed by atoms with Crippen molar-refractivity contribution in [2.24, 2.45) is 0 Å². The number of fused-ring (bicyclic) bond motifs is 1. The molecule has 2 aromatic rings. The van der Waals surface area contributed by atoms with E-state index in [1.165, 1.54) is 38.5 Å². The summed E-state index contributed by atoms with van der Waals surface area (Å²) in [6.45, 7) is 0. The Kier molecular flexibility index (Phi) is 8.70. The van der Waals surface area contributed by atoms with Gasteiger partial charge in [-0.15, -0.1) is 0 Å². The third-order valence-corrected chi connectivity index (χ3v) is 22.9. The van der Waals surface area contributed by atoms with Crippen molar-refractivity contribution < 1.29 is 25.7 Å². The number of rotatable bonds is 4. The van der Waals surface area contributed by atoms with Gasteiger partial charge < -0.3 is 0 Å². The van der Waals surface area contributed by atoms with Crippen LogP contribution < -0.4 is 0 Å². The second-order valence-corrected chi connectivity index (χ2v) is 21.2. The third kappa shape index (κ3) is 5.82. The molecule has 2 aliphatic rings. The van der Waals surface area contributed by atoms with E-state index in [4.69, 9.17) is 46.4 Å². The second kappa shape index (κ2) is 10.9. The van der Waals surface area contributed by atoms with Crippen LogP contribution in [0.4, 0.5) is 0 Å². The predicted molar refractivity (Wildman–Crippen MR) is 134 cm³/mol. The average molecular weight is 574 g/mol. The van der Waals surface area contributed by atoms with E-state index in [9.17, 15) is 10.2 Å². The van der Waals surface area contributed by atoms with Gasteiger partial charge in [-0.05, 0) is 0 Å². The molecule has 0 spiro atoms. The number of phenols is 2. The molecule has 1 fully saturated rings. The van der Waals surface area contributed by atoms with Gasteiger partial charge in [-0.25, -0.2) is 0 Å². The number of aromatic hydroxyl groups is 2. The Morgan fingerprint density at radius 1 is 0.710 bits per heavy atom. The van der Waals surface area contributed by atoms with Crippen LogP contribution in [0, 0.1) is 0 Å². The summed E-state index contributed by atoms with van der Waals surface area (Å²) in [4.78, 5) is 0. The Labute approximate surface area is 213 Å². The van der Waals surface area contributed by atoms with Crippen molar-refractivity contribution in [3.05, 3.63) is 55.5 Å². The molecular formula is C22H24Cl4O2S2Ti. The number of halogens is 4. The van der Waals surface area contributed by atoms with E-state index in [-0.39, 0.29) is 42.9 Å². The van der Waals surface area contributed by atoms with Gasteiger partial charge in [-0.1, -0.05) is 0 Å². The van der Waals surface area contributed by atoms with Gasteiger partial charge in [0, 0.05) is 0 Å². The van der Waals surface area contributed by atoms with E-state index < -0.39 is 0 Å². The molecule has 0 aromatic heterocycles. The van der Waals surface area contributed by atoms with Gasteiger partial charge in [0.05, 0.1) is 0 Å². The first kappa shape index (κ1) is 24.7. The molecule has 2 N–H and O–H groups in total. The molecule has 9 heteroatoms. The van der Waals surface area contributed by atoms with Crippen molar-refractivity contribution >= 4 is 62.3 Å². The molecule has 31 heavy (non-hydrogen) atoms. The van der Waals surface area contributed by atoms with Gasteiger partial charge in [-0.3, -0.25) is 0 Å². The zero-order valence-electron chi connectivity index (χ0n) is 16.8. The molecule has 4 rings (SSSR count). The number of benzene rings is 2. The fourth-order valence-corrected chi connectivity index (χ4v) is 26.3. The molecule has 1 aliphatic carbocycles. The molecule has 4 atom stereocenters. The van der Waals surface area contributed by atoms with E-state index in [1.54, 1.807) is 12.1 Å². The van der Waals surface area contributed by atoms with Crippen molar-refractivity contribution in [3.63, 3.8) is 0 Å². The predicted octanol–water partition coefficient (Wildman–Crippen LogP) is 8.97. The number of hydrogen-bond acceptors (Lipinski definition) is 2. The Balaban J connectivity index is 1.72. The molecule has 1 saturated carbocycles. The van der Waals surface area contributed by atoms with E-state index in [0.717, 1.165) is 22.6 Å². The number of phenolic OH excluding ortho intramolecular Hbond substituents is 2. The van der Waals surface area contributed by atoms with Crippen LogP contribution in [0.15, 0.2) is 24.3 Å². The molecule has 0 radical (unpaired) electrons. The molecule has 0 saturated heterocycles. The van der Waals surface area contributed by atoms with E-state index in [2.05, 4.69) is 0 Å². The summed E-state index contributed by atoms with van der Waals surface area (Å²) < 4.78 is 0. The van der Waals surface area contributed by atoms with Crippen molar-refractivity contribution in [1.29, 1.82) is 0 Å². The molecule has 168 valence electrons. The van der Waals surface area contributed by atoms with Gasteiger partial charge in [-0.2, -0.15) is 0 Å². The van der Waals surface area contributed by atoms with Crippen LogP contribution in [0.2, 0.25) is 20.1 Å². The van der Waals surface area contributed by atoms with Crippen LogP contribution >= 0.6 is 62.3 Å². The molecule has 3 unspecified atom stereocenters. The fourth-order valence-electron chi connectivity index (χ4n) is 4.40. The standard InChI is InChI=1S/C22H24Cl4O2S2.Ti/c23-15-7-13(21(27)17(25)9-15)11-29-19-5-3-1-2-4-6-20(19)30-12-14-8-16(24)10-18(26)22(14)28;/h7-10,19-20,27-28H,1-6,11-12H2;/t19-,20?;/m0./s1. The first-order valence-electron chi connectivity index (χ1n) is 10.3. The Hall–Kier alpha value is 0.614. The monoisotopic (exact) mass is 572 g/mol. The van der Waals surface area contributed by atoms with Crippen molar-refractivity contribution in [2.75, 3.05) is 0 Å². The second-order valence-electron chi connectivity index (χ2n) is 8.09. The van der Waals surface area contributed by atoms with Crippen LogP contribution in [0.5, 0.6) is 11.5 Å². The van der Waals surface area contributed by atoms with Crippen LogP contribution in [-0.2, 0) is 27.0 Å². The zero-order chi connectivity index (χ0) is 22.1. The van der Waals surface area contributed by atoms with Gasteiger partial charge in [0.1, 0.15) is 0 Å². The van der Waals surface area contributed by atoms with Crippen molar-refractivity contribution in [1.82, 2.24) is 0 Å². The summed E-state index contributed by atoms with van der Waals surface area (Å²) in [6, 6.07) is 6.95. The summed E-state index contributed by atoms with van der Waals surface area (Å²) in [5.41, 5.74) is 1.76. The molecule has 0 bridgehead atoms. The van der Waals surface area contributed by atoms with Crippen LogP contribution in [0.3, 0.4) is 0 Å². The quantitative estimate of drug-likeness (QED) is 0.358. The van der Waals surface area contributed by atoms with Crippen molar-refractivity contribution in [3.8, 4) is 11.5 Å². The van der Waals surface area contributed by atoms with Gasteiger partial charge in [0.25, 0.3) is 0 Å². The van der Waals surface area contributed by atoms with Crippen LogP contribution in [0.25, 0.3) is 0 Å². The van der Waals surface area contributed by atoms with Crippen LogP contribution in [-0.4, -0.2) is 20.7 Å². The van der Waals surface area contributed by atoms with E-state index in [0.29, 0.717) is 30.6 Å². The molecule has 2 nitrogen and oxygen atoms in total. The molecule has 1 aliphatic heterocycles. The molecule has 2 aromatic carbocycles. The topological polar surface area (TPSA) is 40.5 Å². The maximum atomic E-state index is 10.5. The Morgan fingerprint density at radius 3 is 1.55 bits per heavy atom. The summed E-state index contributed by atoms with van der Waals surface area (Å²) in [5.74, 6) is 2.08. The SMILES string of the molecule is Oc1c(Cl)cc(Cl)cc1C[S]1=[Ti]=[S](Cc2cc(Cl)cc(Cl)c2O)[C@H]2CCCCCCC21. The van der Waals surface area contributed by atoms with Crippen molar-refractivity contribution in [2.45, 2.75) is 60.5 Å². The number of hydrogen-bond donors (Lipinski definition) is 2.